The number of aryl methyl sites for hydroxylation is 1. The molecule has 7 nitrogen and oxygen atoms in total. The van der Waals surface area contributed by atoms with Gasteiger partial charge in [-0.25, -0.2) is 9.78 Å². The van der Waals surface area contributed by atoms with Crippen LogP contribution < -0.4 is 21.3 Å². The van der Waals surface area contributed by atoms with Crippen LogP contribution in [-0.2, 0) is 4.79 Å². The average Bonchev–Trinajstić information content (AvgIpc) is 2.64. The van der Waals surface area contributed by atoms with Crippen LogP contribution in [0, 0.1) is 12.8 Å². The van der Waals surface area contributed by atoms with Crippen LogP contribution in [0.4, 0.5) is 22.0 Å². The highest BCUT2D eigenvalue weighted by Crippen LogP contribution is 2.22. The third kappa shape index (κ3) is 4.50. The third-order valence-corrected chi connectivity index (χ3v) is 4.46. The molecular formula is C19H23N5O2. The van der Waals surface area contributed by atoms with Crippen molar-refractivity contribution in [3.05, 3.63) is 48.2 Å². The zero-order valence-corrected chi connectivity index (χ0v) is 14.7. The van der Waals surface area contributed by atoms with E-state index >= 15 is 0 Å². The fraction of sp³-hybridized carbons (Fsp3) is 0.316. The van der Waals surface area contributed by atoms with Crippen molar-refractivity contribution in [2.75, 3.05) is 28.6 Å². The van der Waals surface area contributed by atoms with E-state index in [2.05, 4.69) is 20.5 Å². The van der Waals surface area contributed by atoms with Crippen molar-refractivity contribution in [1.29, 1.82) is 0 Å². The lowest BCUT2D eigenvalue weighted by Gasteiger charge is -2.32. The van der Waals surface area contributed by atoms with Crippen LogP contribution >= 0.6 is 0 Å². The number of hydrogen-bond donors (Lipinski definition) is 3. The van der Waals surface area contributed by atoms with E-state index in [0.29, 0.717) is 12.2 Å². The number of aromatic nitrogens is 1. The van der Waals surface area contributed by atoms with Gasteiger partial charge in [-0.05, 0) is 44.0 Å². The predicted octanol–water partition coefficient (Wildman–Crippen LogP) is 2.74. The fourth-order valence-corrected chi connectivity index (χ4v) is 2.99. The average molecular weight is 353 g/mol. The minimum atomic E-state index is -0.324. The molecule has 4 N–H and O–H groups in total. The van der Waals surface area contributed by atoms with Crippen LogP contribution in [0.25, 0.3) is 0 Å². The molecule has 0 aliphatic carbocycles. The molecule has 0 bridgehead atoms. The molecule has 2 heterocycles. The van der Waals surface area contributed by atoms with Gasteiger partial charge in [-0.2, -0.15) is 0 Å². The standard InChI is InChI=1S/C19H23N5O2/c1-13-4-6-15(7-5-13)22-19(26)23-16-8-9-17(21-11-16)24-10-2-3-14(12-24)18(20)25/h4-9,11,14H,2-3,10,12H2,1H3,(H2,20,25)(H2,22,23,26)/t14-/m1/s1. The summed E-state index contributed by atoms with van der Waals surface area (Å²) in [6, 6.07) is 10.9. The Bertz CT molecular complexity index is 774. The molecule has 0 radical (unpaired) electrons. The first-order chi connectivity index (χ1) is 12.5. The number of nitrogens with two attached hydrogens (primary N) is 1. The van der Waals surface area contributed by atoms with Crippen LogP contribution in [0.1, 0.15) is 18.4 Å². The number of carbonyl (C=O) groups excluding carboxylic acids is 2. The summed E-state index contributed by atoms with van der Waals surface area (Å²) in [7, 11) is 0. The van der Waals surface area contributed by atoms with Crippen LogP contribution in [0.2, 0.25) is 0 Å². The summed E-state index contributed by atoms with van der Waals surface area (Å²) in [5.74, 6) is 0.379. The van der Waals surface area contributed by atoms with Crippen LogP contribution in [0.15, 0.2) is 42.6 Å². The number of pyridine rings is 1. The van der Waals surface area contributed by atoms with Gasteiger partial charge in [0.15, 0.2) is 0 Å². The Hall–Kier alpha value is -3.09. The Labute approximate surface area is 152 Å². The molecule has 1 aromatic carbocycles. The van der Waals surface area contributed by atoms with E-state index in [1.54, 1.807) is 12.3 Å². The number of amides is 3. The first kappa shape index (κ1) is 17.7. The van der Waals surface area contributed by atoms with Gasteiger partial charge in [-0.3, -0.25) is 4.79 Å². The monoisotopic (exact) mass is 353 g/mol. The van der Waals surface area contributed by atoms with Gasteiger partial charge < -0.3 is 21.3 Å². The Balaban J connectivity index is 1.58. The van der Waals surface area contributed by atoms with Crippen molar-refractivity contribution in [3.8, 4) is 0 Å². The van der Waals surface area contributed by atoms with Crippen molar-refractivity contribution in [2.24, 2.45) is 11.7 Å². The van der Waals surface area contributed by atoms with Crippen molar-refractivity contribution in [1.82, 2.24) is 4.98 Å². The van der Waals surface area contributed by atoms with Gasteiger partial charge in [0.2, 0.25) is 5.91 Å². The van der Waals surface area contributed by atoms with Gasteiger partial charge in [-0.15, -0.1) is 0 Å². The number of rotatable bonds is 4. The molecule has 0 saturated carbocycles. The topological polar surface area (TPSA) is 100 Å². The first-order valence-electron chi connectivity index (χ1n) is 8.66. The molecule has 7 heteroatoms. The van der Waals surface area contributed by atoms with Crippen LogP contribution in [0.5, 0.6) is 0 Å². The second kappa shape index (κ2) is 7.86. The molecule has 1 saturated heterocycles. The lowest BCUT2D eigenvalue weighted by Crippen LogP contribution is -2.41. The Morgan fingerprint density at radius 2 is 1.81 bits per heavy atom. The third-order valence-electron chi connectivity index (χ3n) is 4.46. The van der Waals surface area contributed by atoms with Gasteiger partial charge in [0, 0.05) is 18.8 Å². The van der Waals surface area contributed by atoms with E-state index < -0.39 is 0 Å². The number of hydrogen-bond acceptors (Lipinski definition) is 4. The SMILES string of the molecule is Cc1ccc(NC(=O)Nc2ccc(N3CCC[C@@H](C(N)=O)C3)nc2)cc1. The van der Waals surface area contributed by atoms with Crippen molar-refractivity contribution in [2.45, 2.75) is 19.8 Å². The molecular weight excluding hydrogens is 330 g/mol. The molecule has 0 unspecified atom stereocenters. The lowest BCUT2D eigenvalue weighted by molar-refractivity contribution is -0.122. The number of urea groups is 1. The normalized spacial score (nSPS) is 16.8. The Morgan fingerprint density at radius 1 is 1.12 bits per heavy atom. The van der Waals surface area contributed by atoms with Crippen LogP contribution in [-0.4, -0.2) is 30.0 Å². The zero-order valence-electron chi connectivity index (χ0n) is 14.7. The van der Waals surface area contributed by atoms with Gasteiger partial charge >= 0.3 is 6.03 Å². The molecule has 1 aliphatic heterocycles. The van der Waals surface area contributed by atoms with Gasteiger partial charge in [0.05, 0.1) is 17.8 Å². The molecule has 2 aromatic rings. The smallest absolute Gasteiger partial charge is 0.323 e. The van der Waals surface area contributed by atoms with Gasteiger partial charge in [-0.1, -0.05) is 17.7 Å². The number of anilines is 3. The molecule has 3 amide bonds. The van der Waals surface area contributed by atoms with Crippen LogP contribution in [0.3, 0.4) is 0 Å². The summed E-state index contributed by atoms with van der Waals surface area (Å²) in [5, 5.41) is 5.53. The maximum absolute atomic E-state index is 12.1. The van der Waals surface area contributed by atoms with Crippen molar-refractivity contribution < 1.29 is 9.59 Å². The highest BCUT2D eigenvalue weighted by Gasteiger charge is 2.24. The maximum atomic E-state index is 12.1. The Morgan fingerprint density at radius 3 is 2.46 bits per heavy atom. The van der Waals surface area contributed by atoms with E-state index in [4.69, 9.17) is 5.73 Å². The molecule has 1 aliphatic rings. The summed E-state index contributed by atoms with van der Waals surface area (Å²) in [6.45, 7) is 3.42. The number of carbonyl (C=O) groups is 2. The van der Waals surface area contributed by atoms with E-state index in [-0.39, 0.29) is 17.9 Å². The van der Waals surface area contributed by atoms with Crippen molar-refractivity contribution in [3.63, 3.8) is 0 Å². The van der Waals surface area contributed by atoms with E-state index in [9.17, 15) is 9.59 Å². The molecule has 0 spiro atoms. The number of nitrogens with zero attached hydrogens (tertiary/aromatic N) is 2. The summed E-state index contributed by atoms with van der Waals surface area (Å²) in [4.78, 5) is 29.9. The molecule has 1 aromatic heterocycles. The number of benzene rings is 1. The largest absolute Gasteiger partial charge is 0.369 e. The zero-order chi connectivity index (χ0) is 18.5. The summed E-state index contributed by atoms with van der Waals surface area (Å²) < 4.78 is 0. The minimum Gasteiger partial charge on any atom is -0.369 e. The predicted molar refractivity (Wildman–Crippen MR) is 102 cm³/mol. The first-order valence-corrected chi connectivity index (χ1v) is 8.66. The quantitative estimate of drug-likeness (QED) is 0.787. The van der Waals surface area contributed by atoms with Gasteiger partial charge in [0.1, 0.15) is 5.82 Å². The summed E-state index contributed by atoms with van der Waals surface area (Å²) in [6.07, 6.45) is 3.34. The number of primary amides is 1. The lowest BCUT2D eigenvalue weighted by atomic mass is 9.97. The highest BCUT2D eigenvalue weighted by molar-refractivity contribution is 5.99. The molecule has 3 rings (SSSR count). The number of piperidine rings is 1. The summed E-state index contributed by atoms with van der Waals surface area (Å²) >= 11 is 0. The van der Waals surface area contributed by atoms with Crippen molar-refractivity contribution >= 4 is 29.1 Å². The summed E-state index contributed by atoms with van der Waals surface area (Å²) in [5.41, 5.74) is 7.87. The minimum absolute atomic E-state index is 0.136. The number of nitrogens with one attached hydrogen (secondary N) is 2. The molecule has 1 fully saturated rings. The van der Waals surface area contributed by atoms with E-state index in [1.807, 2.05) is 37.3 Å². The van der Waals surface area contributed by atoms with Gasteiger partial charge in [0.25, 0.3) is 0 Å². The van der Waals surface area contributed by atoms with E-state index in [0.717, 1.165) is 36.5 Å². The van der Waals surface area contributed by atoms with E-state index in [1.165, 1.54) is 0 Å². The fourth-order valence-electron chi connectivity index (χ4n) is 2.99. The molecule has 1 atom stereocenters. The molecule has 26 heavy (non-hydrogen) atoms. The molecule has 136 valence electrons. The second-order valence-corrected chi connectivity index (χ2v) is 6.54. The highest BCUT2D eigenvalue weighted by atomic mass is 16.2. The Kier molecular flexibility index (Phi) is 5.36. The maximum Gasteiger partial charge on any atom is 0.323 e. The second-order valence-electron chi connectivity index (χ2n) is 6.54.